The van der Waals surface area contributed by atoms with Crippen LogP contribution in [0.3, 0.4) is 0 Å². The van der Waals surface area contributed by atoms with Crippen molar-refractivity contribution in [2.75, 3.05) is 13.7 Å². The van der Waals surface area contributed by atoms with Crippen LogP contribution in [0.2, 0.25) is 0 Å². The summed E-state index contributed by atoms with van der Waals surface area (Å²) in [6.07, 6.45) is 9.34. The summed E-state index contributed by atoms with van der Waals surface area (Å²) in [5.74, 6) is 2.70. The fraction of sp³-hybridized carbons (Fsp3) is 0.682. The molecule has 4 aliphatic carbocycles. The lowest BCUT2D eigenvalue weighted by molar-refractivity contribution is -0.149. The molecule has 1 amide bonds. The minimum absolute atomic E-state index is 0.113. The Morgan fingerprint density at radius 1 is 1.16 bits per heavy atom. The van der Waals surface area contributed by atoms with Crippen molar-refractivity contribution in [3.63, 3.8) is 0 Å². The number of hydrogen-bond donors (Lipinski definition) is 1. The van der Waals surface area contributed by atoms with E-state index in [-0.39, 0.29) is 10.8 Å². The molecular weight excluding hydrogens is 310 g/mol. The van der Waals surface area contributed by atoms with Crippen LogP contribution in [0.4, 0.5) is 0 Å². The number of rotatable bonds is 6. The Bertz CT molecular complexity index is 622. The van der Waals surface area contributed by atoms with Gasteiger partial charge in [0, 0.05) is 6.54 Å². The first-order chi connectivity index (χ1) is 12.1. The molecule has 25 heavy (non-hydrogen) atoms. The van der Waals surface area contributed by atoms with E-state index in [9.17, 15) is 4.79 Å². The molecule has 4 aliphatic rings. The van der Waals surface area contributed by atoms with E-state index in [1.807, 2.05) is 0 Å². The Morgan fingerprint density at radius 3 is 2.44 bits per heavy atom. The Balaban J connectivity index is 1.61. The molecule has 3 nitrogen and oxygen atoms in total. The lowest BCUT2D eigenvalue weighted by Crippen LogP contribution is -2.59. The van der Waals surface area contributed by atoms with Gasteiger partial charge in [0.25, 0.3) is 0 Å². The van der Waals surface area contributed by atoms with Crippen molar-refractivity contribution < 1.29 is 9.53 Å². The van der Waals surface area contributed by atoms with Crippen LogP contribution in [0.25, 0.3) is 0 Å². The quantitative estimate of drug-likeness (QED) is 0.776. The molecule has 1 aromatic rings. The average molecular weight is 341 g/mol. The highest BCUT2D eigenvalue weighted by Gasteiger charge is 2.60. The highest BCUT2D eigenvalue weighted by atomic mass is 16.5. The van der Waals surface area contributed by atoms with Gasteiger partial charge in [-0.1, -0.05) is 25.5 Å². The summed E-state index contributed by atoms with van der Waals surface area (Å²) in [4.78, 5) is 13.1. The summed E-state index contributed by atoms with van der Waals surface area (Å²) in [5.41, 5.74) is 1.52. The standard InChI is InChI=1S/C22H31NO2/c1-3-4-9-23-20(24)22-13-16-10-17(14-22)12-21(11-16,15-22)18-5-7-19(25-2)8-6-18/h5-8,16-17H,3-4,9-15H2,1-2H3,(H,23,24)/t16-,17-,21?,22?/m0/s1. The molecule has 5 rings (SSSR count). The molecule has 1 aromatic carbocycles. The Labute approximate surface area is 151 Å². The smallest absolute Gasteiger partial charge is 0.226 e. The summed E-state index contributed by atoms with van der Waals surface area (Å²) in [6.45, 7) is 3.01. The lowest BCUT2D eigenvalue weighted by atomic mass is 9.42. The van der Waals surface area contributed by atoms with Crippen LogP contribution in [-0.4, -0.2) is 19.6 Å². The average Bonchev–Trinajstić information content (AvgIpc) is 2.61. The molecule has 0 spiro atoms. The summed E-state index contributed by atoms with van der Waals surface area (Å²) in [6, 6.07) is 8.66. The number of ether oxygens (including phenoxy) is 1. The van der Waals surface area contributed by atoms with Crippen LogP contribution in [-0.2, 0) is 10.2 Å². The van der Waals surface area contributed by atoms with Crippen molar-refractivity contribution in [1.82, 2.24) is 5.32 Å². The molecule has 0 aromatic heterocycles. The van der Waals surface area contributed by atoms with Crippen LogP contribution in [0, 0.1) is 17.3 Å². The molecule has 3 heteroatoms. The third kappa shape index (κ3) is 2.86. The van der Waals surface area contributed by atoms with Gasteiger partial charge in [-0.25, -0.2) is 0 Å². The van der Waals surface area contributed by atoms with Gasteiger partial charge in [0.15, 0.2) is 0 Å². The van der Waals surface area contributed by atoms with Gasteiger partial charge in [0.1, 0.15) is 5.75 Å². The monoisotopic (exact) mass is 341 g/mol. The number of benzene rings is 1. The topological polar surface area (TPSA) is 38.3 Å². The van der Waals surface area contributed by atoms with Gasteiger partial charge >= 0.3 is 0 Å². The highest BCUT2D eigenvalue weighted by Crippen LogP contribution is 2.65. The van der Waals surface area contributed by atoms with Crippen molar-refractivity contribution in [1.29, 1.82) is 0 Å². The number of hydrogen-bond acceptors (Lipinski definition) is 2. The van der Waals surface area contributed by atoms with Crippen LogP contribution in [0.1, 0.15) is 63.9 Å². The highest BCUT2D eigenvalue weighted by molar-refractivity contribution is 5.83. The van der Waals surface area contributed by atoms with Crippen molar-refractivity contribution in [3.05, 3.63) is 29.8 Å². The molecule has 4 fully saturated rings. The molecule has 2 atom stereocenters. The number of unbranched alkanes of at least 4 members (excludes halogenated alkanes) is 1. The van der Waals surface area contributed by atoms with Crippen LogP contribution < -0.4 is 10.1 Å². The van der Waals surface area contributed by atoms with Crippen molar-refractivity contribution in [2.24, 2.45) is 17.3 Å². The molecule has 4 bridgehead atoms. The summed E-state index contributed by atoms with van der Waals surface area (Å²) in [7, 11) is 1.72. The lowest BCUT2D eigenvalue weighted by Gasteiger charge is -2.61. The fourth-order valence-electron chi connectivity index (χ4n) is 6.38. The van der Waals surface area contributed by atoms with Gasteiger partial charge in [-0.05, 0) is 79.9 Å². The third-order valence-electron chi connectivity index (χ3n) is 7.06. The predicted molar refractivity (Wildman–Crippen MR) is 99.7 cm³/mol. The zero-order chi connectivity index (χ0) is 17.5. The maximum atomic E-state index is 13.1. The second-order valence-electron chi connectivity index (χ2n) is 8.86. The predicted octanol–water partition coefficient (Wildman–Crippen LogP) is 4.45. The number of methoxy groups -OCH3 is 1. The van der Waals surface area contributed by atoms with Gasteiger partial charge in [-0.15, -0.1) is 0 Å². The van der Waals surface area contributed by atoms with Gasteiger partial charge in [-0.3, -0.25) is 4.79 Å². The molecule has 0 unspecified atom stereocenters. The Kier molecular flexibility index (Phi) is 4.29. The van der Waals surface area contributed by atoms with Crippen LogP contribution in [0.15, 0.2) is 24.3 Å². The number of amides is 1. The maximum absolute atomic E-state index is 13.1. The maximum Gasteiger partial charge on any atom is 0.226 e. The first-order valence-corrected chi connectivity index (χ1v) is 10.0. The number of nitrogens with one attached hydrogen (secondary N) is 1. The van der Waals surface area contributed by atoms with Crippen LogP contribution >= 0.6 is 0 Å². The van der Waals surface area contributed by atoms with E-state index < -0.39 is 0 Å². The van der Waals surface area contributed by atoms with E-state index in [2.05, 4.69) is 36.5 Å². The Hall–Kier alpha value is -1.51. The third-order valence-corrected chi connectivity index (χ3v) is 7.06. The van der Waals surface area contributed by atoms with Crippen molar-refractivity contribution in [3.8, 4) is 5.75 Å². The summed E-state index contributed by atoms with van der Waals surface area (Å²) >= 11 is 0. The SMILES string of the molecule is CCCCNC(=O)C12C[C@H]3C[C@H](C1)CC(c1ccc(OC)cc1)(C3)C2. The van der Waals surface area contributed by atoms with E-state index in [0.717, 1.165) is 56.2 Å². The van der Waals surface area contributed by atoms with Crippen LogP contribution in [0.5, 0.6) is 5.75 Å². The van der Waals surface area contributed by atoms with Gasteiger partial charge in [0.05, 0.1) is 12.5 Å². The minimum Gasteiger partial charge on any atom is -0.497 e. The van der Waals surface area contributed by atoms with E-state index in [0.29, 0.717) is 5.91 Å². The van der Waals surface area contributed by atoms with E-state index in [1.54, 1.807) is 7.11 Å². The largest absolute Gasteiger partial charge is 0.497 e. The molecule has 0 heterocycles. The van der Waals surface area contributed by atoms with Crippen molar-refractivity contribution in [2.45, 2.75) is 63.7 Å². The van der Waals surface area contributed by atoms with Gasteiger partial charge in [-0.2, -0.15) is 0 Å². The second kappa shape index (κ2) is 6.34. The molecular formula is C22H31NO2. The summed E-state index contributed by atoms with van der Waals surface area (Å²) in [5, 5.41) is 3.27. The Morgan fingerprint density at radius 2 is 1.84 bits per heavy atom. The number of carbonyl (C=O) groups excluding carboxylic acids is 1. The first kappa shape index (κ1) is 16.9. The molecule has 136 valence electrons. The molecule has 1 N–H and O–H groups in total. The molecule has 0 aliphatic heterocycles. The zero-order valence-corrected chi connectivity index (χ0v) is 15.6. The van der Waals surface area contributed by atoms with Gasteiger partial charge < -0.3 is 10.1 Å². The fourth-order valence-corrected chi connectivity index (χ4v) is 6.38. The molecule has 4 saturated carbocycles. The summed E-state index contributed by atoms with van der Waals surface area (Å²) < 4.78 is 5.34. The minimum atomic E-state index is -0.113. The molecule has 0 radical (unpaired) electrons. The first-order valence-electron chi connectivity index (χ1n) is 10.0. The normalized spacial score (nSPS) is 35.6. The van der Waals surface area contributed by atoms with E-state index in [1.165, 1.54) is 24.8 Å². The van der Waals surface area contributed by atoms with E-state index in [4.69, 9.17) is 4.74 Å². The van der Waals surface area contributed by atoms with Gasteiger partial charge in [0.2, 0.25) is 5.91 Å². The number of carbonyl (C=O) groups is 1. The zero-order valence-electron chi connectivity index (χ0n) is 15.6. The van der Waals surface area contributed by atoms with E-state index >= 15 is 0 Å². The molecule has 0 saturated heterocycles. The second-order valence-corrected chi connectivity index (χ2v) is 8.86. The van der Waals surface area contributed by atoms with Crippen molar-refractivity contribution >= 4 is 5.91 Å².